The minimum absolute atomic E-state index is 0.0984. The van der Waals surface area contributed by atoms with Crippen LogP contribution in [0, 0.1) is 13.8 Å². The lowest BCUT2D eigenvalue weighted by atomic mass is 10.1. The van der Waals surface area contributed by atoms with Gasteiger partial charge in [-0.3, -0.25) is 0 Å². The molecule has 0 spiro atoms. The summed E-state index contributed by atoms with van der Waals surface area (Å²) in [5.41, 5.74) is 3.13. The van der Waals surface area contributed by atoms with Crippen molar-refractivity contribution in [2.45, 2.75) is 13.8 Å². The molecule has 1 N–H and O–H groups in total. The van der Waals surface area contributed by atoms with E-state index in [1.807, 2.05) is 32.0 Å². The van der Waals surface area contributed by atoms with Crippen LogP contribution in [0.3, 0.4) is 0 Å². The van der Waals surface area contributed by atoms with Crippen LogP contribution >= 0.6 is 0 Å². The molecule has 0 amide bonds. The number of carboxylic acids is 1. The van der Waals surface area contributed by atoms with Gasteiger partial charge >= 0.3 is 12.0 Å². The van der Waals surface area contributed by atoms with E-state index in [2.05, 4.69) is 4.98 Å². The van der Waals surface area contributed by atoms with Crippen LogP contribution in [-0.2, 0) is 0 Å². The first-order chi connectivity index (χ1) is 10.0. The van der Waals surface area contributed by atoms with Gasteiger partial charge in [0.15, 0.2) is 5.58 Å². The van der Waals surface area contributed by atoms with E-state index in [4.69, 9.17) is 14.3 Å². The number of nitrogens with zero attached hydrogens (tertiary/aromatic N) is 1. The molecule has 0 aliphatic heterocycles. The lowest BCUT2D eigenvalue weighted by Crippen LogP contribution is -1.94. The van der Waals surface area contributed by atoms with E-state index in [-0.39, 0.29) is 11.6 Å². The van der Waals surface area contributed by atoms with Gasteiger partial charge in [0.2, 0.25) is 0 Å². The Bertz CT molecular complexity index is 835. The second-order valence-electron chi connectivity index (χ2n) is 4.84. The number of carbonyl (C=O) groups is 1. The third-order valence-electron chi connectivity index (χ3n) is 3.16. The molecule has 0 saturated carbocycles. The predicted octanol–water partition coefficient (Wildman–Crippen LogP) is 3.94. The van der Waals surface area contributed by atoms with Crippen molar-refractivity contribution >= 4 is 17.1 Å². The summed E-state index contributed by atoms with van der Waals surface area (Å²) in [6.07, 6.45) is 0.0984. The number of oxazole rings is 1. The molecule has 106 valence electrons. The summed E-state index contributed by atoms with van der Waals surface area (Å²) < 4.78 is 11.1. The molecule has 1 aromatic heterocycles. The van der Waals surface area contributed by atoms with E-state index in [1.54, 1.807) is 6.07 Å². The fraction of sp³-hybridized carbons (Fsp3) is 0.125. The molecule has 5 heteroatoms. The molecule has 0 unspecified atom stereocenters. The number of hydrogen-bond donors (Lipinski definition) is 1. The Morgan fingerprint density at radius 3 is 2.76 bits per heavy atom. The Kier molecular flexibility index (Phi) is 3.10. The molecule has 0 bridgehead atoms. The van der Waals surface area contributed by atoms with Gasteiger partial charge in [0.1, 0.15) is 11.3 Å². The van der Waals surface area contributed by atoms with Crippen molar-refractivity contribution in [3.8, 4) is 11.8 Å². The Labute approximate surface area is 120 Å². The van der Waals surface area contributed by atoms with E-state index in [1.165, 1.54) is 12.1 Å². The van der Waals surface area contributed by atoms with Crippen LogP contribution in [0.5, 0.6) is 11.8 Å². The molecule has 0 radical (unpaired) electrons. The average molecular weight is 283 g/mol. The van der Waals surface area contributed by atoms with Crippen LogP contribution in [0.1, 0.15) is 21.5 Å². The van der Waals surface area contributed by atoms with Crippen molar-refractivity contribution in [2.24, 2.45) is 0 Å². The summed E-state index contributed by atoms with van der Waals surface area (Å²) in [5, 5.41) is 8.96. The zero-order valence-corrected chi connectivity index (χ0v) is 11.6. The summed E-state index contributed by atoms with van der Waals surface area (Å²) in [6, 6.07) is 10.4. The smallest absolute Gasteiger partial charge is 0.400 e. The molecule has 0 fully saturated rings. The Morgan fingerprint density at radius 2 is 2.00 bits per heavy atom. The predicted molar refractivity (Wildman–Crippen MR) is 77.0 cm³/mol. The highest BCUT2D eigenvalue weighted by Gasteiger charge is 2.12. The molecule has 2 aromatic carbocycles. The number of aromatic nitrogens is 1. The van der Waals surface area contributed by atoms with Crippen molar-refractivity contribution in [1.82, 2.24) is 4.98 Å². The van der Waals surface area contributed by atoms with Crippen molar-refractivity contribution in [2.75, 3.05) is 0 Å². The molecule has 3 rings (SSSR count). The standard InChI is InChI=1S/C16H13NO4/c1-9-3-4-10(2)13(7-9)20-16-17-12-6-5-11(15(18)19)8-14(12)21-16/h3-8H,1-2H3,(H,18,19). The Balaban J connectivity index is 1.97. The summed E-state index contributed by atoms with van der Waals surface area (Å²) in [4.78, 5) is 15.1. The second kappa shape index (κ2) is 4.94. The number of aromatic carboxylic acids is 1. The van der Waals surface area contributed by atoms with Gasteiger partial charge in [-0.2, -0.15) is 4.98 Å². The first-order valence-corrected chi connectivity index (χ1v) is 6.42. The van der Waals surface area contributed by atoms with Gasteiger partial charge in [-0.25, -0.2) is 4.79 Å². The molecule has 0 aliphatic carbocycles. The Morgan fingerprint density at radius 1 is 1.19 bits per heavy atom. The number of benzene rings is 2. The number of aryl methyl sites for hydroxylation is 2. The first-order valence-electron chi connectivity index (χ1n) is 6.42. The van der Waals surface area contributed by atoms with Gasteiger partial charge in [-0.05, 0) is 49.2 Å². The molecule has 3 aromatic rings. The molecule has 0 saturated heterocycles. The van der Waals surface area contributed by atoms with Gasteiger partial charge in [0, 0.05) is 0 Å². The fourth-order valence-corrected chi connectivity index (χ4v) is 1.99. The number of ether oxygens (including phenoxy) is 1. The van der Waals surface area contributed by atoms with Crippen molar-refractivity contribution < 1.29 is 19.1 Å². The zero-order chi connectivity index (χ0) is 15.0. The van der Waals surface area contributed by atoms with Gasteiger partial charge in [-0.1, -0.05) is 12.1 Å². The maximum absolute atomic E-state index is 10.9. The summed E-state index contributed by atoms with van der Waals surface area (Å²) in [6.45, 7) is 3.90. The maximum atomic E-state index is 10.9. The number of hydrogen-bond acceptors (Lipinski definition) is 4. The topological polar surface area (TPSA) is 72.6 Å². The highest BCUT2D eigenvalue weighted by molar-refractivity contribution is 5.91. The van der Waals surface area contributed by atoms with Crippen LogP contribution in [0.4, 0.5) is 0 Å². The second-order valence-corrected chi connectivity index (χ2v) is 4.84. The van der Waals surface area contributed by atoms with Crippen LogP contribution < -0.4 is 4.74 Å². The van der Waals surface area contributed by atoms with E-state index in [9.17, 15) is 4.79 Å². The van der Waals surface area contributed by atoms with Crippen LogP contribution in [-0.4, -0.2) is 16.1 Å². The average Bonchev–Trinajstić information content (AvgIpc) is 2.84. The van der Waals surface area contributed by atoms with Crippen molar-refractivity contribution in [3.63, 3.8) is 0 Å². The van der Waals surface area contributed by atoms with E-state index in [0.29, 0.717) is 16.8 Å². The molecule has 0 aliphatic rings. The van der Waals surface area contributed by atoms with Crippen molar-refractivity contribution in [3.05, 3.63) is 53.1 Å². The molecule has 5 nitrogen and oxygen atoms in total. The molecule has 0 atom stereocenters. The van der Waals surface area contributed by atoms with Crippen LogP contribution in [0.2, 0.25) is 0 Å². The normalized spacial score (nSPS) is 10.8. The van der Waals surface area contributed by atoms with E-state index >= 15 is 0 Å². The van der Waals surface area contributed by atoms with Gasteiger partial charge in [0.05, 0.1) is 5.56 Å². The SMILES string of the molecule is Cc1ccc(C)c(Oc2nc3ccc(C(=O)O)cc3o2)c1. The Hall–Kier alpha value is -2.82. The third kappa shape index (κ3) is 2.58. The highest BCUT2D eigenvalue weighted by Crippen LogP contribution is 2.28. The van der Waals surface area contributed by atoms with Gasteiger partial charge < -0.3 is 14.3 Å². The van der Waals surface area contributed by atoms with Crippen LogP contribution in [0.15, 0.2) is 40.8 Å². The molecular weight excluding hydrogens is 270 g/mol. The first kappa shape index (κ1) is 13.2. The fourth-order valence-electron chi connectivity index (χ4n) is 1.99. The maximum Gasteiger partial charge on any atom is 0.400 e. The van der Waals surface area contributed by atoms with Gasteiger partial charge in [0.25, 0.3) is 0 Å². The lowest BCUT2D eigenvalue weighted by Gasteiger charge is -2.05. The molecule has 21 heavy (non-hydrogen) atoms. The summed E-state index contributed by atoms with van der Waals surface area (Å²) in [7, 11) is 0. The van der Waals surface area contributed by atoms with E-state index < -0.39 is 5.97 Å². The van der Waals surface area contributed by atoms with Crippen LogP contribution in [0.25, 0.3) is 11.1 Å². The monoisotopic (exact) mass is 283 g/mol. The quantitative estimate of drug-likeness (QED) is 0.788. The number of rotatable bonds is 3. The lowest BCUT2D eigenvalue weighted by molar-refractivity contribution is 0.0697. The zero-order valence-electron chi connectivity index (χ0n) is 11.6. The molecular formula is C16H13NO4. The number of carboxylic acid groups (broad SMARTS) is 1. The summed E-state index contributed by atoms with van der Waals surface area (Å²) >= 11 is 0. The third-order valence-corrected chi connectivity index (χ3v) is 3.16. The van der Waals surface area contributed by atoms with Crippen molar-refractivity contribution in [1.29, 1.82) is 0 Å². The largest absolute Gasteiger partial charge is 0.478 e. The highest BCUT2D eigenvalue weighted by atomic mass is 16.6. The minimum atomic E-state index is -1.01. The molecule has 1 heterocycles. The number of fused-ring (bicyclic) bond motifs is 1. The van der Waals surface area contributed by atoms with Gasteiger partial charge in [-0.15, -0.1) is 0 Å². The minimum Gasteiger partial charge on any atom is -0.478 e. The summed E-state index contributed by atoms with van der Waals surface area (Å²) in [5.74, 6) is -0.342. The van der Waals surface area contributed by atoms with E-state index in [0.717, 1.165) is 11.1 Å².